The Morgan fingerprint density at radius 1 is 1.39 bits per heavy atom. The van der Waals surface area contributed by atoms with Gasteiger partial charge >= 0.3 is 12.1 Å². The Hall–Kier alpha value is -2.92. The number of H-pyrrole nitrogens is 1. The van der Waals surface area contributed by atoms with Crippen LogP contribution in [0.5, 0.6) is 0 Å². The van der Waals surface area contributed by atoms with E-state index in [1.54, 1.807) is 30.5 Å². The monoisotopic (exact) mass is 417 g/mol. The minimum absolute atomic E-state index is 0.267. The van der Waals surface area contributed by atoms with Gasteiger partial charge < -0.3 is 10.8 Å². The molecule has 4 N–H and O–H groups in total. The molecule has 2 aromatic heterocycles. The smallest absolute Gasteiger partial charge is 0.475 e. The van der Waals surface area contributed by atoms with Crippen LogP contribution < -0.4 is 11.3 Å². The summed E-state index contributed by atoms with van der Waals surface area (Å²) in [5.74, 6) is -1.83. The number of alkyl halides is 3. The summed E-state index contributed by atoms with van der Waals surface area (Å²) in [5.41, 5.74) is 6.38. The molecule has 0 aliphatic rings. The van der Waals surface area contributed by atoms with Crippen molar-refractivity contribution in [2.45, 2.75) is 25.6 Å². The molecule has 150 valence electrons. The van der Waals surface area contributed by atoms with Crippen LogP contribution in [-0.4, -0.2) is 37.0 Å². The number of aromatic nitrogens is 4. The van der Waals surface area contributed by atoms with E-state index in [-0.39, 0.29) is 11.6 Å². The highest BCUT2D eigenvalue weighted by Crippen LogP contribution is 2.22. The molecule has 3 rings (SSSR count). The number of fused-ring (bicyclic) bond motifs is 1. The van der Waals surface area contributed by atoms with Crippen molar-refractivity contribution in [1.82, 2.24) is 19.7 Å². The highest BCUT2D eigenvalue weighted by molar-refractivity contribution is 6.35. The summed E-state index contributed by atoms with van der Waals surface area (Å²) in [7, 11) is 0. The number of hydrogen-bond acceptors (Lipinski definition) is 5. The van der Waals surface area contributed by atoms with E-state index in [1.807, 2.05) is 6.92 Å². The number of benzene rings is 1. The van der Waals surface area contributed by atoms with Crippen LogP contribution in [0.2, 0.25) is 5.02 Å². The molecule has 8 nitrogen and oxygen atoms in total. The maximum absolute atomic E-state index is 12.8. The summed E-state index contributed by atoms with van der Waals surface area (Å²) in [4.78, 5) is 26.2. The maximum atomic E-state index is 12.8. The Labute approximate surface area is 160 Å². The van der Waals surface area contributed by atoms with Crippen LogP contribution in [0.3, 0.4) is 0 Å². The molecule has 1 atom stereocenters. The van der Waals surface area contributed by atoms with Gasteiger partial charge in [0.2, 0.25) is 0 Å². The van der Waals surface area contributed by atoms with Gasteiger partial charge in [-0.15, -0.1) is 0 Å². The van der Waals surface area contributed by atoms with E-state index in [9.17, 15) is 18.0 Å². The molecular formula is C16H15ClF3N5O3. The van der Waals surface area contributed by atoms with Crippen molar-refractivity contribution in [3.05, 3.63) is 51.7 Å². The first kappa shape index (κ1) is 21.4. The molecule has 1 aromatic carbocycles. The third kappa shape index (κ3) is 4.49. The third-order valence-corrected chi connectivity index (χ3v) is 3.92. The van der Waals surface area contributed by atoms with Gasteiger partial charge in [0.05, 0.1) is 22.0 Å². The van der Waals surface area contributed by atoms with E-state index in [2.05, 4.69) is 15.2 Å². The Bertz CT molecular complexity index is 1030. The number of carboxylic acid groups (broad SMARTS) is 1. The van der Waals surface area contributed by atoms with Gasteiger partial charge in [-0.3, -0.25) is 9.89 Å². The molecule has 0 radical (unpaired) electrons. The number of halogens is 4. The molecule has 0 aliphatic carbocycles. The lowest BCUT2D eigenvalue weighted by Crippen LogP contribution is -2.28. The van der Waals surface area contributed by atoms with Gasteiger partial charge in [0.25, 0.3) is 5.56 Å². The van der Waals surface area contributed by atoms with Crippen molar-refractivity contribution in [2.75, 3.05) is 0 Å². The lowest BCUT2D eigenvalue weighted by molar-refractivity contribution is -0.192. The van der Waals surface area contributed by atoms with Crippen LogP contribution in [0.1, 0.15) is 25.2 Å². The average molecular weight is 418 g/mol. The van der Waals surface area contributed by atoms with Crippen LogP contribution in [0.25, 0.3) is 16.7 Å². The second-order valence-electron chi connectivity index (χ2n) is 5.49. The van der Waals surface area contributed by atoms with E-state index in [4.69, 9.17) is 27.2 Å². The number of aliphatic carboxylic acids is 1. The fourth-order valence-electron chi connectivity index (χ4n) is 2.24. The number of rotatable bonds is 3. The number of carbonyl (C=O) groups is 1. The fourth-order valence-corrected chi connectivity index (χ4v) is 2.49. The molecule has 28 heavy (non-hydrogen) atoms. The molecule has 0 fully saturated rings. The molecule has 0 spiro atoms. The SMILES string of the molecule is CC[C@H](N)c1nc2cccc(Cl)c2c(=O)n1-c1cc[nH]n1.O=C(O)C(F)(F)F. The minimum Gasteiger partial charge on any atom is -0.475 e. The molecule has 0 amide bonds. The normalized spacial score (nSPS) is 12.4. The zero-order valence-electron chi connectivity index (χ0n) is 14.4. The number of carboxylic acids is 1. The molecule has 0 saturated heterocycles. The molecular weight excluding hydrogens is 403 g/mol. The van der Waals surface area contributed by atoms with Crippen molar-refractivity contribution in [2.24, 2.45) is 5.73 Å². The predicted molar refractivity (Wildman–Crippen MR) is 95.4 cm³/mol. The van der Waals surface area contributed by atoms with E-state index in [0.717, 1.165) is 0 Å². The summed E-state index contributed by atoms with van der Waals surface area (Å²) < 4.78 is 33.2. The van der Waals surface area contributed by atoms with Crippen molar-refractivity contribution in [1.29, 1.82) is 0 Å². The van der Waals surface area contributed by atoms with Crippen molar-refractivity contribution >= 4 is 28.5 Å². The molecule has 3 aromatic rings. The second kappa shape index (κ2) is 8.40. The van der Waals surface area contributed by atoms with Gasteiger partial charge in [-0.2, -0.15) is 18.3 Å². The number of aromatic amines is 1. The van der Waals surface area contributed by atoms with Crippen LogP contribution in [0.4, 0.5) is 13.2 Å². The zero-order chi connectivity index (χ0) is 21.1. The van der Waals surface area contributed by atoms with Gasteiger partial charge in [0, 0.05) is 12.3 Å². The Balaban J connectivity index is 0.000000345. The Kier molecular flexibility index (Phi) is 6.41. The zero-order valence-corrected chi connectivity index (χ0v) is 15.1. The summed E-state index contributed by atoms with van der Waals surface area (Å²) in [6.07, 6.45) is -2.79. The fraction of sp³-hybridized carbons (Fsp3) is 0.250. The number of nitrogens with one attached hydrogen (secondary N) is 1. The van der Waals surface area contributed by atoms with Crippen LogP contribution >= 0.6 is 11.6 Å². The van der Waals surface area contributed by atoms with Gasteiger partial charge in [-0.25, -0.2) is 14.3 Å². The maximum Gasteiger partial charge on any atom is 0.490 e. The first-order valence-electron chi connectivity index (χ1n) is 7.85. The van der Waals surface area contributed by atoms with Gasteiger partial charge in [-0.05, 0) is 18.6 Å². The molecule has 0 bridgehead atoms. The van der Waals surface area contributed by atoms with E-state index in [0.29, 0.717) is 34.0 Å². The van der Waals surface area contributed by atoms with Crippen molar-refractivity contribution in [3.8, 4) is 5.82 Å². The summed E-state index contributed by atoms with van der Waals surface area (Å²) >= 11 is 6.15. The second-order valence-corrected chi connectivity index (χ2v) is 5.90. The largest absolute Gasteiger partial charge is 0.490 e. The number of nitrogens with zero attached hydrogens (tertiary/aromatic N) is 3. The Morgan fingerprint density at radius 2 is 2.04 bits per heavy atom. The molecule has 2 heterocycles. The number of nitrogens with two attached hydrogens (primary N) is 1. The highest BCUT2D eigenvalue weighted by Gasteiger charge is 2.38. The van der Waals surface area contributed by atoms with E-state index >= 15 is 0 Å². The lowest BCUT2D eigenvalue weighted by atomic mass is 10.2. The van der Waals surface area contributed by atoms with Gasteiger partial charge in [0.1, 0.15) is 5.82 Å². The molecule has 0 unspecified atom stereocenters. The summed E-state index contributed by atoms with van der Waals surface area (Å²) in [5, 5.41) is 14.6. The van der Waals surface area contributed by atoms with E-state index < -0.39 is 12.1 Å². The van der Waals surface area contributed by atoms with Crippen LogP contribution in [-0.2, 0) is 4.79 Å². The first-order chi connectivity index (χ1) is 13.1. The standard InChI is InChI=1S/C14H14ClN5O.C2HF3O2/c1-2-9(16)13-18-10-5-3-4-8(15)12(10)14(21)20(13)11-6-7-17-19-11;3-2(4,5)1(6)7/h3-7,9H,2,16H2,1H3,(H,17,19);(H,6,7)/t9-;/m0./s1. The molecule has 0 saturated carbocycles. The minimum atomic E-state index is -5.08. The predicted octanol–water partition coefficient (Wildman–Crippen LogP) is 2.81. The van der Waals surface area contributed by atoms with Crippen molar-refractivity contribution in [3.63, 3.8) is 0 Å². The van der Waals surface area contributed by atoms with Crippen LogP contribution in [0, 0.1) is 0 Å². The lowest BCUT2D eigenvalue weighted by Gasteiger charge is -2.16. The first-order valence-corrected chi connectivity index (χ1v) is 8.22. The third-order valence-electron chi connectivity index (χ3n) is 3.60. The highest BCUT2D eigenvalue weighted by atomic mass is 35.5. The number of hydrogen-bond donors (Lipinski definition) is 3. The quantitative estimate of drug-likeness (QED) is 0.601. The molecule has 12 heteroatoms. The molecule has 0 aliphatic heterocycles. The summed E-state index contributed by atoms with van der Waals surface area (Å²) in [6, 6.07) is 6.51. The van der Waals surface area contributed by atoms with Gasteiger partial charge in [-0.1, -0.05) is 24.6 Å². The topological polar surface area (TPSA) is 127 Å². The average Bonchev–Trinajstić information content (AvgIpc) is 3.14. The Morgan fingerprint density at radius 3 is 2.54 bits per heavy atom. The van der Waals surface area contributed by atoms with Crippen LogP contribution in [0.15, 0.2) is 35.3 Å². The van der Waals surface area contributed by atoms with E-state index in [1.165, 1.54) is 4.57 Å². The van der Waals surface area contributed by atoms with Crippen molar-refractivity contribution < 1.29 is 23.1 Å². The van der Waals surface area contributed by atoms with Gasteiger partial charge in [0.15, 0.2) is 5.82 Å². The summed E-state index contributed by atoms with van der Waals surface area (Å²) in [6.45, 7) is 1.94.